The number of ether oxygens (including phenoxy) is 3. The minimum absolute atomic E-state index is 0.653. The number of hydrogen-bond acceptors (Lipinski definition) is 11. The summed E-state index contributed by atoms with van der Waals surface area (Å²) in [5.41, 5.74) is 8.53. The van der Waals surface area contributed by atoms with Crippen molar-refractivity contribution in [3.05, 3.63) is 135 Å². The van der Waals surface area contributed by atoms with Gasteiger partial charge in [-0.15, -0.1) is 22.7 Å². The highest BCUT2D eigenvalue weighted by Gasteiger charge is 2.29. The number of anilines is 4. The number of hydrazine groups is 1. The predicted octanol–water partition coefficient (Wildman–Crippen LogP) is 11.4. The van der Waals surface area contributed by atoms with E-state index in [2.05, 4.69) is 82.2 Å². The molecule has 0 spiro atoms. The zero-order chi connectivity index (χ0) is 38.9. The van der Waals surface area contributed by atoms with Gasteiger partial charge in [-0.2, -0.15) is 0 Å². The van der Waals surface area contributed by atoms with E-state index >= 15 is 0 Å². The van der Waals surface area contributed by atoms with Crippen LogP contribution in [0.15, 0.2) is 124 Å². The van der Waals surface area contributed by atoms with Crippen LogP contribution in [-0.4, -0.2) is 50.4 Å². The Bertz CT molecular complexity index is 2650. The summed E-state index contributed by atoms with van der Waals surface area (Å²) in [5.74, 6) is 2.09. The van der Waals surface area contributed by atoms with E-state index in [1.54, 1.807) is 27.7 Å². The summed E-state index contributed by atoms with van der Waals surface area (Å²) in [5, 5.41) is 9.60. The molecule has 0 aliphatic rings. The van der Waals surface area contributed by atoms with Crippen molar-refractivity contribution in [3.8, 4) is 51.1 Å². The lowest BCUT2D eigenvalue weighted by Crippen LogP contribution is -2.35. The van der Waals surface area contributed by atoms with Crippen molar-refractivity contribution in [2.45, 2.75) is 13.8 Å². The molecule has 0 saturated carbocycles. The molecule has 0 N–H and O–H groups in total. The number of imidazole rings is 2. The van der Waals surface area contributed by atoms with Crippen molar-refractivity contribution in [2.24, 2.45) is 0 Å². The Kier molecular flexibility index (Phi) is 10.7. The lowest BCUT2D eigenvalue weighted by molar-refractivity contribution is 0.413. The molecule has 282 valence electrons. The van der Waals surface area contributed by atoms with Gasteiger partial charge in [-0.25, -0.2) is 30.0 Å². The van der Waals surface area contributed by atoms with Gasteiger partial charge in [-0.1, -0.05) is 31.9 Å². The molecule has 4 heterocycles. The molecule has 0 bridgehead atoms. The number of aromatic nitrogens is 6. The summed E-state index contributed by atoms with van der Waals surface area (Å²) in [6, 6.07) is 26.2. The first-order valence-corrected chi connectivity index (χ1v) is 20.6. The molecule has 0 atom stereocenters. The molecule has 0 unspecified atom stereocenters. The van der Waals surface area contributed by atoms with E-state index in [9.17, 15) is 0 Å². The average molecular weight is 911 g/mol. The van der Waals surface area contributed by atoms with Gasteiger partial charge in [-0.3, -0.25) is 0 Å². The van der Waals surface area contributed by atoms with Crippen LogP contribution >= 0.6 is 54.5 Å². The van der Waals surface area contributed by atoms with E-state index < -0.39 is 0 Å². The zero-order valence-electron chi connectivity index (χ0n) is 30.8. The van der Waals surface area contributed by atoms with Crippen LogP contribution in [0.3, 0.4) is 0 Å². The zero-order valence-corrected chi connectivity index (χ0v) is 35.6. The summed E-state index contributed by atoms with van der Waals surface area (Å²) < 4.78 is 23.4. The van der Waals surface area contributed by atoms with Gasteiger partial charge in [0.05, 0.1) is 73.8 Å². The smallest absolute Gasteiger partial charge is 0.210 e. The van der Waals surface area contributed by atoms with Gasteiger partial charge in [0.25, 0.3) is 0 Å². The van der Waals surface area contributed by atoms with Gasteiger partial charge < -0.3 is 23.3 Å². The summed E-state index contributed by atoms with van der Waals surface area (Å²) in [6.07, 6.45) is 7.57. The van der Waals surface area contributed by atoms with Crippen LogP contribution in [0, 0.1) is 13.8 Å². The molecule has 0 amide bonds. The van der Waals surface area contributed by atoms with E-state index in [0.29, 0.717) is 21.8 Å². The molecule has 11 nitrogen and oxygen atoms in total. The lowest BCUT2D eigenvalue weighted by atomic mass is 10.1. The van der Waals surface area contributed by atoms with Gasteiger partial charge in [0, 0.05) is 55.0 Å². The van der Waals surface area contributed by atoms with E-state index in [4.69, 9.17) is 24.2 Å². The molecule has 0 aliphatic carbocycles. The van der Waals surface area contributed by atoms with Crippen LogP contribution in [0.1, 0.15) is 11.4 Å². The number of hydrogen-bond donors (Lipinski definition) is 0. The molecule has 0 aliphatic heterocycles. The molecule has 4 aromatic heterocycles. The van der Waals surface area contributed by atoms with Gasteiger partial charge >= 0.3 is 0 Å². The first-order chi connectivity index (χ1) is 27.2. The largest absolute Gasteiger partial charge is 0.496 e. The summed E-state index contributed by atoms with van der Waals surface area (Å²) in [6.45, 7) is 3.94. The minimum Gasteiger partial charge on any atom is -0.496 e. The first-order valence-electron chi connectivity index (χ1n) is 17.2. The third kappa shape index (κ3) is 7.42. The van der Waals surface area contributed by atoms with E-state index in [1.807, 2.05) is 101 Å². The molecule has 8 aromatic rings. The number of nitrogens with zero attached hydrogens (tertiary/aromatic N) is 8. The second-order valence-corrected chi connectivity index (χ2v) is 16.1. The lowest BCUT2D eigenvalue weighted by Gasteiger charge is -2.35. The summed E-state index contributed by atoms with van der Waals surface area (Å²) in [4.78, 5) is 19.4. The van der Waals surface area contributed by atoms with Crippen LogP contribution in [0.25, 0.3) is 33.9 Å². The number of aryl methyl sites for hydroxylation is 2. The third-order valence-electron chi connectivity index (χ3n) is 8.92. The molecular formula is C41H34Br2N8O3S2. The van der Waals surface area contributed by atoms with E-state index in [0.717, 1.165) is 71.3 Å². The topological polar surface area (TPSA) is 95.6 Å². The summed E-state index contributed by atoms with van der Waals surface area (Å²) >= 11 is 10.3. The van der Waals surface area contributed by atoms with Crippen molar-refractivity contribution >= 4 is 76.2 Å². The molecule has 15 heteroatoms. The second kappa shape index (κ2) is 15.9. The van der Waals surface area contributed by atoms with Crippen molar-refractivity contribution in [1.82, 2.24) is 29.1 Å². The molecular weight excluding hydrogens is 876 g/mol. The fourth-order valence-electron chi connectivity index (χ4n) is 6.25. The van der Waals surface area contributed by atoms with Crippen molar-refractivity contribution < 1.29 is 14.2 Å². The number of thiazole rings is 2. The van der Waals surface area contributed by atoms with E-state index in [-0.39, 0.29) is 0 Å². The maximum Gasteiger partial charge on any atom is 0.210 e. The van der Waals surface area contributed by atoms with Crippen LogP contribution in [0.5, 0.6) is 17.2 Å². The third-order valence-corrected chi connectivity index (χ3v) is 11.5. The Morgan fingerprint density at radius 1 is 0.571 bits per heavy atom. The standard InChI is InChI=1S/C41H34Br2N8O3S2/c1-25-19-48(23-44-25)29-8-10-30(11-9-29)50(40-46-34(21-55-40)32-16-27(42)6-14-37(32)52-3)51(31-12-13-36(39(18-31)54-5)49-20-26(2)45-24-49)41-47-35(22-56-41)33-17-28(43)7-15-38(33)53-4/h6-24H,1-5H3. The number of benzene rings is 4. The van der Waals surface area contributed by atoms with Gasteiger partial charge in [0.1, 0.15) is 17.2 Å². The Morgan fingerprint density at radius 2 is 1.07 bits per heavy atom. The highest BCUT2D eigenvalue weighted by molar-refractivity contribution is 9.10. The number of halogens is 2. The Morgan fingerprint density at radius 3 is 1.57 bits per heavy atom. The monoisotopic (exact) mass is 908 g/mol. The Balaban J connectivity index is 1.34. The molecule has 56 heavy (non-hydrogen) atoms. The SMILES string of the molecule is COc1ccc(Br)cc1-c1csc(N(c2ccc(-n3cnc(C)c3)cc2)N(c2ccc(-n3cnc(C)c3)c(OC)c2)c2nc(-c3cc(Br)ccc3OC)cs2)n1. The highest BCUT2D eigenvalue weighted by Crippen LogP contribution is 2.45. The van der Waals surface area contributed by atoms with Crippen molar-refractivity contribution in [2.75, 3.05) is 31.3 Å². The molecule has 0 saturated heterocycles. The number of methoxy groups -OCH3 is 3. The van der Waals surface area contributed by atoms with Crippen LogP contribution in [-0.2, 0) is 0 Å². The van der Waals surface area contributed by atoms with Gasteiger partial charge in [-0.05, 0) is 86.6 Å². The number of rotatable bonds is 12. The fraction of sp³-hybridized carbons (Fsp3) is 0.122. The van der Waals surface area contributed by atoms with Crippen molar-refractivity contribution in [1.29, 1.82) is 0 Å². The maximum absolute atomic E-state index is 6.04. The molecule has 0 fully saturated rings. The van der Waals surface area contributed by atoms with E-state index in [1.165, 1.54) is 22.7 Å². The van der Waals surface area contributed by atoms with Gasteiger partial charge in [0.2, 0.25) is 10.3 Å². The Hall–Kier alpha value is -5.48. The summed E-state index contributed by atoms with van der Waals surface area (Å²) in [7, 11) is 5.00. The quantitative estimate of drug-likeness (QED) is 0.111. The fourth-order valence-corrected chi connectivity index (χ4v) is 8.64. The highest BCUT2D eigenvalue weighted by atomic mass is 79.9. The molecule has 8 rings (SSSR count). The molecule has 0 radical (unpaired) electrons. The Labute approximate surface area is 348 Å². The van der Waals surface area contributed by atoms with Crippen LogP contribution in [0.4, 0.5) is 21.6 Å². The van der Waals surface area contributed by atoms with Crippen molar-refractivity contribution in [3.63, 3.8) is 0 Å². The van der Waals surface area contributed by atoms with Crippen LogP contribution in [0.2, 0.25) is 0 Å². The first kappa shape index (κ1) is 37.4. The maximum atomic E-state index is 6.04. The normalized spacial score (nSPS) is 11.1. The molecule has 4 aromatic carbocycles. The predicted molar refractivity (Wildman–Crippen MR) is 231 cm³/mol. The average Bonchev–Trinajstić information content (AvgIpc) is 4.06. The minimum atomic E-state index is 0.653. The second-order valence-electron chi connectivity index (χ2n) is 12.6. The van der Waals surface area contributed by atoms with Gasteiger partial charge in [0.15, 0.2) is 0 Å². The van der Waals surface area contributed by atoms with Crippen LogP contribution < -0.4 is 24.2 Å².